The summed E-state index contributed by atoms with van der Waals surface area (Å²) in [5.74, 6) is 2.94. The Morgan fingerprint density at radius 3 is 2.48 bits per heavy atom. The number of benzene rings is 2. The van der Waals surface area contributed by atoms with Crippen LogP contribution < -0.4 is 19.9 Å². The maximum Gasteiger partial charge on any atom is 0.351 e. The van der Waals surface area contributed by atoms with Crippen LogP contribution in [0.4, 0.5) is 0 Å². The summed E-state index contributed by atoms with van der Waals surface area (Å²) in [5.41, 5.74) is 3.74. The fourth-order valence-electron chi connectivity index (χ4n) is 4.84. The molecule has 0 spiro atoms. The molecule has 1 fully saturated rings. The molecule has 2 aliphatic rings. The normalized spacial score (nSPS) is 15.3. The summed E-state index contributed by atoms with van der Waals surface area (Å²) in [4.78, 5) is 17.0. The Hall–Kier alpha value is -3.28. The second-order valence-corrected chi connectivity index (χ2v) is 8.15. The van der Waals surface area contributed by atoms with E-state index in [2.05, 4.69) is 11.1 Å². The van der Waals surface area contributed by atoms with Gasteiger partial charge in [0.15, 0.2) is 11.5 Å². The van der Waals surface area contributed by atoms with Crippen LogP contribution in [-0.4, -0.2) is 23.8 Å². The lowest BCUT2D eigenvalue weighted by Gasteiger charge is -2.23. The summed E-state index contributed by atoms with van der Waals surface area (Å²) in [6.07, 6.45) is 5.58. The van der Waals surface area contributed by atoms with E-state index in [0.717, 1.165) is 29.0 Å². The standard InChI is InChI=1S/C25H26N2O4/c1-29-22-13-17-11-12-27-20(19(17)14-23(22)30-2)15-24(26-25(27)28)31-21-10-6-5-9-18(21)16-7-3-4-8-16/h5-6,9-10,13-16H,3-4,7-8,11-12H2,1-2H3. The van der Waals surface area contributed by atoms with E-state index in [0.29, 0.717) is 29.8 Å². The molecule has 6 heteroatoms. The third kappa shape index (κ3) is 3.56. The van der Waals surface area contributed by atoms with Crippen LogP contribution in [0.2, 0.25) is 0 Å². The van der Waals surface area contributed by atoms with E-state index in [-0.39, 0.29) is 5.69 Å². The van der Waals surface area contributed by atoms with Crippen LogP contribution in [-0.2, 0) is 13.0 Å². The third-order valence-electron chi connectivity index (χ3n) is 6.41. The Morgan fingerprint density at radius 1 is 0.968 bits per heavy atom. The van der Waals surface area contributed by atoms with Gasteiger partial charge in [0.05, 0.1) is 19.9 Å². The van der Waals surface area contributed by atoms with Crippen LogP contribution in [0.3, 0.4) is 0 Å². The number of hydrogen-bond acceptors (Lipinski definition) is 5. The molecule has 31 heavy (non-hydrogen) atoms. The number of ether oxygens (including phenoxy) is 3. The predicted molar refractivity (Wildman–Crippen MR) is 118 cm³/mol. The number of aryl methyl sites for hydroxylation is 1. The molecule has 2 aromatic carbocycles. The number of para-hydroxylation sites is 1. The summed E-state index contributed by atoms with van der Waals surface area (Å²) < 4.78 is 18.8. The van der Waals surface area contributed by atoms with Gasteiger partial charge in [-0.05, 0) is 54.5 Å². The van der Waals surface area contributed by atoms with Crippen molar-refractivity contribution in [2.45, 2.75) is 44.6 Å². The molecule has 0 radical (unpaired) electrons. The lowest BCUT2D eigenvalue weighted by molar-refractivity contribution is 0.354. The van der Waals surface area contributed by atoms with Crippen molar-refractivity contribution in [3.63, 3.8) is 0 Å². The van der Waals surface area contributed by atoms with E-state index in [4.69, 9.17) is 14.2 Å². The van der Waals surface area contributed by atoms with Crippen LogP contribution in [0.15, 0.2) is 47.3 Å². The zero-order chi connectivity index (χ0) is 21.4. The maximum atomic E-state index is 12.8. The average molecular weight is 418 g/mol. The maximum absolute atomic E-state index is 12.8. The molecule has 0 unspecified atom stereocenters. The number of nitrogens with zero attached hydrogens (tertiary/aromatic N) is 2. The SMILES string of the molecule is COc1cc2c(cc1OC)-c1cc(Oc3ccccc3C3CCCC3)nc(=O)n1CC2. The van der Waals surface area contributed by atoms with Crippen molar-refractivity contribution in [1.82, 2.24) is 9.55 Å². The molecule has 1 aromatic heterocycles. The van der Waals surface area contributed by atoms with Crippen molar-refractivity contribution in [2.75, 3.05) is 14.2 Å². The van der Waals surface area contributed by atoms with E-state index >= 15 is 0 Å². The minimum Gasteiger partial charge on any atom is -0.493 e. The van der Waals surface area contributed by atoms with Gasteiger partial charge >= 0.3 is 5.69 Å². The molecule has 2 heterocycles. The molecular formula is C25H26N2O4. The summed E-state index contributed by atoms with van der Waals surface area (Å²) in [5, 5.41) is 0. The number of methoxy groups -OCH3 is 2. The van der Waals surface area contributed by atoms with Gasteiger partial charge in [-0.25, -0.2) is 4.79 Å². The topological polar surface area (TPSA) is 62.6 Å². The van der Waals surface area contributed by atoms with Crippen molar-refractivity contribution in [1.29, 1.82) is 0 Å². The molecule has 0 bridgehead atoms. The van der Waals surface area contributed by atoms with Crippen molar-refractivity contribution in [3.8, 4) is 34.4 Å². The van der Waals surface area contributed by atoms with E-state index in [1.165, 1.54) is 31.2 Å². The van der Waals surface area contributed by atoms with Gasteiger partial charge in [0, 0.05) is 18.2 Å². The van der Waals surface area contributed by atoms with Gasteiger partial charge in [-0.3, -0.25) is 4.57 Å². The Labute approximate surface area is 181 Å². The number of hydrogen-bond donors (Lipinski definition) is 0. The first-order valence-electron chi connectivity index (χ1n) is 10.8. The van der Waals surface area contributed by atoms with E-state index in [1.54, 1.807) is 18.8 Å². The van der Waals surface area contributed by atoms with Crippen LogP contribution in [0.1, 0.15) is 42.7 Å². The van der Waals surface area contributed by atoms with Crippen molar-refractivity contribution >= 4 is 0 Å². The van der Waals surface area contributed by atoms with E-state index < -0.39 is 0 Å². The van der Waals surface area contributed by atoms with Gasteiger partial charge in [0.2, 0.25) is 5.88 Å². The zero-order valence-corrected chi connectivity index (χ0v) is 17.9. The first-order valence-corrected chi connectivity index (χ1v) is 10.8. The lowest BCUT2D eigenvalue weighted by Crippen LogP contribution is -2.28. The summed E-state index contributed by atoms with van der Waals surface area (Å²) in [6.45, 7) is 0.572. The molecule has 5 rings (SSSR count). The highest BCUT2D eigenvalue weighted by molar-refractivity contribution is 5.70. The number of aromatic nitrogens is 2. The van der Waals surface area contributed by atoms with Crippen molar-refractivity contribution in [2.24, 2.45) is 0 Å². The highest BCUT2D eigenvalue weighted by Gasteiger charge is 2.24. The fourth-order valence-corrected chi connectivity index (χ4v) is 4.84. The molecule has 0 amide bonds. The second-order valence-electron chi connectivity index (χ2n) is 8.15. The van der Waals surface area contributed by atoms with Crippen molar-refractivity contribution < 1.29 is 14.2 Å². The highest BCUT2D eigenvalue weighted by Crippen LogP contribution is 2.41. The van der Waals surface area contributed by atoms with Gasteiger partial charge in [0.1, 0.15) is 5.75 Å². The van der Waals surface area contributed by atoms with Crippen LogP contribution in [0, 0.1) is 0 Å². The molecule has 3 aromatic rings. The predicted octanol–water partition coefficient (Wildman–Crippen LogP) is 4.93. The molecular weight excluding hydrogens is 392 g/mol. The van der Waals surface area contributed by atoms with Crippen molar-refractivity contribution in [3.05, 3.63) is 64.1 Å². The van der Waals surface area contributed by atoms with Gasteiger partial charge in [-0.15, -0.1) is 0 Å². The minimum absolute atomic E-state index is 0.300. The first-order chi connectivity index (χ1) is 15.2. The number of fused-ring (bicyclic) bond motifs is 3. The molecule has 1 aliphatic carbocycles. The minimum atomic E-state index is -0.300. The highest BCUT2D eigenvalue weighted by atomic mass is 16.5. The molecule has 6 nitrogen and oxygen atoms in total. The van der Waals surface area contributed by atoms with Gasteiger partial charge < -0.3 is 14.2 Å². The molecule has 0 N–H and O–H groups in total. The Kier molecular flexibility index (Phi) is 5.14. The zero-order valence-electron chi connectivity index (χ0n) is 17.9. The first kappa shape index (κ1) is 19.7. The lowest BCUT2D eigenvalue weighted by atomic mass is 9.96. The van der Waals surface area contributed by atoms with Gasteiger partial charge in [-0.1, -0.05) is 31.0 Å². The van der Waals surface area contributed by atoms with Gasteiger partial charge in [0.25, 0.3) is 0 Å². The van der Waals surface area contributed by atoms with E-state index in [9.17, 15) is 4.79 Å². The average Bonchev–Trinajstić information content (AvgIpc) is 3.33. The monoisotopic (exact) mass is 418 g/mol. The molecule has 1 aliphatic heterocycles. The Balaban J connectivity index is 1.56. The molecule has 160 valence electrons. The largest absolute Gasteiger partial charge is 0.493 e. The smallest absolute Gasteiger partial charge is 0.351 e. The third-order valence-corrected chi connectivity index (χ3v) is 6.41. The summed E-state index contributed by atoms with van der Waals surface area (Å²) in [7, 11) is 3.24. The molecule has 1 saturated carbocycles. The van der Waals surface area contributed by atoms with Crippen LogP contribution in [0.5, 0.6) is 23.1 Å². The van der Waals surface area contributed by atoms with Crippen LogP contribution >= 0.6 is 0 Å². The quantitative estimate of drug-likeness (QED) is 0.588. The number of rotatable bonds is 5. The Morgan fingerprint density at radius 2 is 1.71 bits per heavy atom. The molecule has 0 saturated heterocycles. The fraction of sp³-hybridized carbons (Fsp3) is 0.360. The van der Waals surface area contributed by atoms with Gasteiger partial charge in [-0.2, -0.15) is 4.98 Å². The molecule has 0 atom stereocenters. The Bertz CT molecular complexity index is 1180. The summed E-state index contributed by atoms with van der Waals surface area (Å²) >= 11 is 0. The summed E-state index contributed by atoms with van der Waals surface area (Å²) in [6, 6.07) is 13.9. The second kappa shape index (κ2) is 8.10. The van der Waals surface area contributed by atoms with E-state index in [1.807, 2.05) is 36.4 Å². The van der Waals surface area contributed by atoms with Crippen LogP contribution in [0.25, 0.3) is 11.3 Å².